The van der Waals surface area contributed by atoms with Crippen LogP contribution in [0.2, 0.25) is 0 Å². The van der Waals surface area contributed by atoms with Crippen molar-refractivity contribution in [3.8, 4) is 5.75 Å². The SMILES string of the molecule is CCCC[C@H]1C(=O)N(C)[C@@H](CCCC)C(=O)N[C@@H](CC(C)C)C(=O)NCCCCC(=O)N[C@@H](Cc2ccc(O)cc2)C(=O)N(C)[C@@H](C)C(=O)N[C@@H](CC(=O)O)C(=O)N2CCC[C@H]2C(=O)N[C@@H](Cc2c[nH]cn2)C(=O)N[C@@H](CCCCN)C(=O)N2C[C@H](O)C[C@H]2C(=O)C[C@@H](Cc2c[nH]c3ccccc23)C(=O)N[C@@H](CCCCN)C(=O)N[C@@H](Cc2cn(CC(=O)O)c3ccccc23)C(=O)N1C. The van der Waals surface area contributed by atoms with Gasteiger partial charge in [0.1, 0.15) is 78.8 Å². The van der Waals surface area contributed by atoms with Crippen molar-refractivity contribution in [1.82, 2.24) is 86.6 Å². The molecule has 0 unspecified atom stereocenters. The molecular weight excluding hydrogens is 1730 g/mol. The van der Waals surface area contributed by atoms with Crippen LogP contribution in [-0.2, 0) is 109 Å². The number of carboxylic acid groups (broad SMARTS) is 2. The Morgan fingerprint density at radius 1 is 0.537 bits per heavy atom. The van der Waals surface area contributed by atoms with E-state index in [1.54, 1.807) is 48.8 Å². The second-order valence-corrected chi connectivity index (χ2v) is 35.9. The number of fused-ring (bicyclic) bond motifs is 4. The Morgan fingerprint density at radius 2 is 1.14 bits per heavy atom. The number of carbonyl (C=O) groups is 16. The molecule has 9 rings (SSSR count). The van der Waals surface area contributed by atoms with Crippen LogP contribution in [-0.4, -0.2) is 291 Å². The Hall–Kier alpha value is -12.7. The minimum Gasteiger partial charge on any atom is -0.508 e. The molecule has 6 heterocycles. The van der Waals surface area contributed by atoms with E-state index in [0.29, 0.717) is 77.0 Å². The van der Waals surface area contributed by atoms with Crippen molar-refractivity contribution in [2.75, 3.05) is 53.9 Å². The summed E-state index contributed by atoms with van der Waals surface area (Å²) < 4.78 is 1.48. The molecule has 0 spiro atoms. The molecular formula is C95H135N19O20. The number of nitrogens with one attached hydrogen (secondary N) is 10. The van der Waals surface area contributed by atoms with Gasteiger partial charge in [0.05, 0.1) is 30.6 Å². The number of nitrogens with two attached hydrogens (primary N) is 2. The van der Waals surface area contributed by atoms with Gasteiger partial charge >= 0.3 is 11.9 Å². The molecule has 39 heteroatoms. The third-order valence-electron chi connectivity index (χ3n) is 25.4. The number of aromatic amines is 2. The number of phenols is 1. The Labute approximate surface area is 779 Å². The number of phenolic OH excluding ortho intramolecular Hbond substituents is 1. The normalized spacial score (nSPS) is 24.5. The summed E-state index contributed by atoms with van der Waals surface area (Å²) in [4.78, 5) is 253. The highest BCUT2D eigenvalue weighted by Gasteiger charge is 2.47. The first kappa shape index (κ1) is 105. The number of hydrogen-bond donors (Lipinski definition) is 16. The summed E-state index contributed by atoms with van der Waals surface area (Å²) >= 11 is 0. The van der Waals surface area contributed by atoms with Gasteiger partial charge in [0, 0.05) is 126 Å². The molecule has 14 atom stereocenters. The van der Waals surface area contributed by atoms with Crippen molar-refractivity contribution in [2.24, 2.45) is 23.3 Å². The Bertz CT molecular complexity index is 5060. The molecule has 0 radical (unpaired) electrons. The van der Waals surface area contributed by atoms with E-state index in [1.165, 1.54) is 79.2 Å². The van der Waals surface area contributed by atoms with E-state index < -0.39 is 205 Å². The van der Waals surface area contributed by atoms with Crippen molar-refractivity contribution in [3.05, 3.63) is 120 Å². The van der Waals surface area contributed by atoms with Crippen molar-refractivity contribution in [2.45, 2.75) is 280 Å². The van der Waals surface area contributed by atoms with Gasteiger partial charge in [0.25, 0.3) is 0 Å². The molecule has 134 heavy (non-hydrogen) atoms. The van der Waals surface area contributed by atoms with E-state index in [-0.39, 0.29) is 153 Å². The Morgan fingerprint density at radius 3 is 1.81 bits per heavy atom. The molecule has 0 bridgehead atoms. The average molecular weight is 1860 g/mol. The second kappa shape index (κ2) is 51.0. The largest absolute Gasteiger partial charge is 0.508 e. The summed E-state index contributed by atoms with van der Waals surface area (Å²) in [7, 11) is 4.11. The number of aliphatic hydroxyl groups is 1. The monoisotopic (exact) mass is 1860 g/mol. The minimum atomic E-state index is -1.84. The number of carboxylic acids is 2. The van der Waals surface area contributed by atoms with E-state index in [9.17, 15) is 58.8 Å². The Balaban J connectivity index is 1.10. The third kappa shape index (κ3) is 29.2. The van der Waals surface area contributed by atoms with E-state index in [4.69, 9.17) is 11.5 Å². The number of aliphatic carboxylic acids is 2. The van der Waals surface area contributed by atoms with E-state index in [2.05, 4.69) is 57.5 Å². The quantitative estimate of drug-likeness (QED) is 0.0314. The number of rotatable bonds is 28. The summed E-state index contributed by atoms with van der Waals surface area (Å²) in [6.45, 7) is 8.11. The summed E-state index contributed by atoms with van der Waals surface area (Å²) in [6.07, 6.45) is 5.47. The zero-order valence-corrected chi connectivity index (χ0v) is 77.9. The van der Waals surface area contributed by atoms with Gasteiger partial charge in [-0.2, -0.15) is 0 Å². The number of likely N-dealkylation sites (N-methyl/N-ethyl adjacent to an activating group) is 3. The summed E-state index contributed by atoms with van der Waals surface area (Å²) in [5, 5.41) is 65.9. The zero-order valence-electron chi connectivity index (χ0n) is 77.9. The molecule has 13 amide bonds. The number of ketones is 1. The van der Waals surface area contributed by atoms with Crippen LogP contribution >= 0.6 is 0 Å². The number of imidazole rings is 1. The number of benzene rings is 3. The molecule has 3 saturated heterocycles. The van der Waals surface area contributed by atoms with E-state index in [0.717, 1.165) is 14.7 Å². The lowest BCUT2D eigenvalue weighted by molar-refractivity contribution is -0.149. The molecule has 0 aliphatic carbocycles. The highest BCUT2D eigenvalue weighted by Crippen LogP contribution is 2.31. The number of Topliss-reactive ketones (excluding diaryl/α,β-unsaturated/α-hetero) is 1. The van der Waals surface area contributed by atoms with Crippen LogP contribution in [0, 0.1) is 11.8 Å². The number of carbonyl (C=O) groups excluding carboxylic acids is 14. The van der Waals surface area contributed by atoms with Gasteiger partial charge < -0.3 is 113 Å². The van der Waals surface area contributed by atoms with E-state index >= 15 is 38.4 Å². The van der Waals surface area contributed by atoms with Crippen LogP contribution in [0.4, 0.5) is 0 Å². The van der Waals surface area contributed by atoms with Crippen LogP contribution in [0.25, 0.3) is 21.8 Å². The number of aromatic hydroxyl groups is 1. The average Bonchev–Trinajstić information content (AvgIpc) is 1.63. The van der Waals surface area contributed by atoms with Gasteiger partial charge in [0.15, 0.2) is 5.78 Å². The lowest BCUT2D eigenvalue weighted by Crippen LogP contribution is -2.60. The van der Waals surface area contributed by atoms with Crippen molar-refractivity contribution >= 4 is 116 Å². The number of aliphatic hydroxyl groups excluding tert-OH is 1. The number of para-hydroxylation sites is 2. The van der Waals surface area contributed by atoms with Crippen molar-refractivity contribution in [3.63, 3.8) is 0 Å². The maximum Gasteiger partial charge on any atom is 0.323 e. The summed E-state index contributed by atoms with van der Waals surface area (Å²) in [5.74, 6) is -15.4. The molecule has 6 aromatic rings. The highest BCUT2D eigenvalue weighted by atomic mass is 16.4. The smallest absolute Gasteiger partial charge is 0.323 e. The minimum absolute atomic E-state index is 0.0135. The van der Waals surface area contributed by atoms with Gasteiger partial charge in [-0.3, -0.25) is 76.7 Å². The Kier molecular flexibility index (Phi) is 40.0. The van der Waals surface area contributed by atoms with Gasteiger partial charge in [-0.25, -0.2) is 4.98 Å². The molecule has 0 saturated carbocycles. The fraction of sp³-hybridized carbons (Fsp3) is 0.568. The fourth-order valence-electron chi connectivity index (χ4n) is 17.8. The number of nitrogens with zero attached hydrogens (tertiary/aromatic N) is 7. The van der Waals surface area contributed by atoms with Gasteiger partial charge in [-0.05, 0) is 157 Å². The summed E-state index contributed by atoms with van der Waals surface area (Å²) in [6, 6.07) is 2.63. The lowest BCUT2D eigenvalue weighted by atomic mass is 9.90. The maximum absolute atomic E-state index is 16.0. The fourth-order valence-corrected chi connectivity index (χ4v) is 17.8. The van der Waals surface area contributed by atoms with Gasteiger partial charge in [0.2, 0.25) is 76.8 Å². The predicted octanol–water partition coefficient (Wildman–Crippen LogP) is 2.79. The predicted molar refractivity (Wildman–Crippen MR) is 496 cm³/mol. The van der Waals surface area contributed by atoms with Crippen LogP contribution in [0.15, 0.2) is 97.7 Å². The first-order chi connectivity index (χ1) is 64.0. The van der Waals surface area contributed by atoms with Crippen molar-refractivity contribution in [1.29, 1.82) is 0 Å². The molecule has 3 aromatic carbocycles. The van der Waals surface area contributed by atoms with Crippen LogP contribution in [0.5, 0.6) is 5.75 Å². The first-order valence-electron chi connectivity index (χ1n) is 46.8. The lowest BCUT2D eigenvalue weighted by Gasteiger charge is -2.36. The molecule has 3 aliphatic rings. The molecule has 3 aliphatic heterocycles. The third-order valence-corrected chi connectivity index (χ3v) is 25.4. The number of aromatic nitrogens is 4. The van der Waals surface area contributed by atoms with Crippen LogP contribution in [0.3, 0.4) is 0 Å². The topological polar surface area (TPSA) is 568 Å². The first-order valence-corrected chi connectivity index (χ1v) is 46.8. The number of H-pyrrole nitrogens is 2. The van der Waals surface area contributed by atoms with Gasteiger partial charge in [-0.15, -0.1) is 0 Å². The molecule has 18 N–H and O–H groups in total. The second-order valence-electron chi connectivity index (χ2n) is 35.9. The highest BCUT2D eigenvalue weighted by molar-refractivity contribution is 6.02. The molecule has 3 fully saturated rings. The number of hydrogen-bond acceptors (Lipinski definition) is 21. The zero-order chi connectivity index (χ0) is 97.6. The van der Waals surface area contributed by atoms with Crippen molar-refractivity contribution < 1.29 is 97.1 Å². The molecule has 730 valence electrons. The van der Waals surface area contributed by atoms with Crippen LogP contribution < -0.4 is 54.0 Å². The maximum atomic E-state index is 16.0. The standard InChI is InChI=1S/C95H135N19O20/c1-9-11-29-76-89(128)105-70(42-56(3)4)86(125)99-40-22-19-33-81(118)102-72(43-58-34-36-63(115)37-35-58)91(130)109(6)57(5)84(123)107-74(49-82(119)120)94(133)113-41-23-32-77(113)90(129)106-71(47-62-51-98-55-101-62)88(127)104-69(28-18-21-39-97)93(132)114-53-64(116)48-79(114)80(117)46-59(44-60-50-100-67-26-15-13-24-65(60)67)85(124)103-68(27-17-20-38-96)87(126)108-73(92(131)111(8)78(30-12-10-2)95(134)110(76)7)45-61-52-112(54-83(121)122)75-31-16-14-25-66(61)75/h13-16,24-26,31,34-37,50-52,55-57,59,64,68-74,76-79,100,115-116H,9-12,17-23,27-30,32-33,38-49,53-54,96-97H2,1-8H3,(H,98,101)(H,99,125)(H,102,118)(H,103,124)(H,104,127)(H,105,128)(H,106,129)(H,107,123)(H,108,126)(H,119,120)(H,121,122)/t57-,59+,64+,68-,69-,70-,71-,72-,73-,74-,76-,77-,78-,79-/m0/s1. The molecule has 3 aromatic heterocycles. The number of unbranched alkanes of at least 4 members (excludes halogenated alkanes) is 4. The summed E-state index contributed by atoms with van der Waals surface area (Å²) in [5.41, 5.74) is 15.0. The van der Waals surface area contributed by atoms with E-state index in [1.807, 2.05) is 39.8 Å². The molecule has 39 nitrogen and oxygen atoms in total. The van der Waals surface area contributed by atoms with Gasteiger partial charge in [-0.1, -0.05) is 102 Å². The number of amides is 13. The van der Waals surface area contributed by atoms with Crippen LogP contribution in [0.1, 0.15) is 192 Å².